The van der Waals surface area contributed by atoms with Gasteiger partial charge in [0.05, 0.1) is 6.54 Å². The van der Waals surface area contributed by atoms with Crippen molar-refractivity contribution in [1.29, 1.82) is 0 Å². The first-order valence-corrected chi connectivity index (χ1v) is 10.9. The number of hydrogen-bond acceptors (Lipinski definition) is 4. The monoisotopic (exact) mass is 401 g/mol. The number of nitrogens with one attached hydrogen (secondary N) is 2. The number of rotatable bonds is 4. The molecule has 3 amide bonds. The Hall–Kier alpha value is -2.38. The Kier molecular flexibility index (Phi) is 5.36. The molecule has 0 bridgehead atoms. The minimum absolute atomic E-state index is 0.154. The van der Waals surface area contributed by atoms with Crippen LogP contribution in [0.1, 0.15) is 85.7 Å². The highest BCUT2D eigenvalue weighted by Crippen LogP contribution is 2.27. The molecule has 29 heavy (non-hydrogen) atoms. The summed E-state index contributed by atoms with van der Waals surface area (Å²) in [7, 11) is 1.65. The van der Waals surface area contributed by atoms with Crippen LogP contribution >= 0.6 is 0 Å². The van der Waals surface area contributed by atoms with Crippen LogP contribution in [0.5, 0.6) is 0 Å². The molecule has 1 atom stereocenters. The van der Waals surface area contributed by atoms with Crippen LogP contribution in [0.3, 0.4) is 0 Å². The van der Waals surface area contributed by atoms with Gasteiger partial charge in [0, 0.05) is 25.2 Å². The largest absolute Gasteiger partial charge is 0.351 e. The summed E-state index contributed by atoms with van der Waals surface area (Å²) in [6.45, 7) is 2.01. The van der Waals surface area contributed by atoms with E-state index in [1.807, 2.05) is 0 Å². The maximum Gasteiger partial charge on any atom is 0.272 e. The molecule has 0 radical (unpaired) electrons. The van der Waals surface area contributed by atoms with Gasteiger partial charge in [0.2, 0.25) is 5.91 Å². The zero-order valence-electron chi connectivity index (χ0n) is 17.4. The topological polar surface area (TPSA) is 96.3 Å². The number of hydrogen-bond donors (Lipinski definition) is 2. The van der Waals surface area contributed by atoms with E-state index >= 15 is 0 Å². The summed E-state index contributed by atoms with van der Waals surface area (Å²) < 4.78 is 1.52. The first-order chi connectivity index (χ1) is 13.9. The molecule has 1 aliphatic heterocycles. The van der Waals surface area contributed by atoms with Crippen molar-refractivity contribution < 1.29 is 14.4 Å². The zero-order valence-corrected chi connectivity index (χ0v) is 17.4. The highest BCUT2D eigenvalue weighted by molar-refractivity contribution is 6.01. The molecule has 2 aliphatic carbocycles. The molecule has 1 aromatic heterocycles. The van der Waals surface area contributed by atoms with Gasteiger partial charge >= 0.3 is 0 Å². The third-order valence-electron chi connectivity index (χ3n) is 6.85. The summed E-state index contributed by atoms with van der Waals surface area (Å²) in [6.07, 6.45) is 9.66. The minimum Gasteiger partial charge on any atom is -0.351 e. The van der Waals surface area contributed by atoms with E-state index in [0.29, 0.717) is 5.69 Å². The van der Waals surface area contributed by atoms with E-state index in [2.05, 4.69) is 15.7 Å². The van der Waals surface area contributed by atoms with Crippen molar-refractivity contribution in [2.24, 2.45) is 0 Å². The minimum atomic E-state index is -1.03. The number of likely N-dealkylation sites (N-methyl/N-ethyl adjacent to an activating group) is 1. The average molecular weight is 402 g/mol. The molecule has 8 nitrogen and oxygen atoms in total. The third kappa shape index (κ3) is 3.76. The van der Waals surface area contributed by atoms with Gasteiger partial charge in [-0.05, 0) is 32.6 Å². The Bertz CT molecular complexity index is 807. The van der Waals surface area contributed by atoms with Gasteiger partial charge in [-0.3, -0.25) is 19.1 Å². The van der Waals surface area contributed by atoms with Crippen molar-refractivity contribution in [2.45, 2.75) is 88.9 Å². The Morgan fingerprint density at radius 3 is 2.28 bits per heavy atom. The molecule has 0 spiro atoms. The number of amides is 3. The molecule has 2 fully saturated rings. The number of fused-ring (bicyclic) bond motifs is 1. The van der Waals surface area contributed by atoms with Gasteiger partial charge in [0.15, 0.2) is 5.69 Å². The molecular weight excluding hydrogens is 370 g/mol. The second kappa shape index (κ2) is 7.80. The predicted octanol–water partition coefficient (Wildman–Crippen LogP) is 1.85. The standard InChI is InChI=1S/C21H31N5O3/c1-21(20(29)23-15-8-4-3-5-9-15)13-26-17(19(28)25(21)2)12-16(24-26)18(27)22-14-10-6-7-11-14/h12,14-15H,3-11,13H2,1-2H3,(H,22,27)(H,23,29). The summed E-state index contributed by atoms with van der Waals surface area (Å²) in [6, 6.07) is 1.90. The summed E-state index contributed by atoms with van der Waals surface area (Å²) >= 11 is 0. The predicted molar refractivity (Wildman–Crippen MR) is 107 cm³/mol. The first kappa shape index (κ1) is 19.9. The van der Waals surface area contributed by atoms with Crippen molar-refractivity contribution in [3.05, 3.63) is 17.5 Å². The highest BCUT2D eigenvalue weighted by Gasteiger charge is 2.46. The lowest BCUT2D eigenvalue weighted by molar-refractivity contribution is -0.133. The molecule has 1 unspecified atom stereocenters. The van der Waals surface area contributed by atoms with Crippen LogP contribution in [-0.2, 0) is 11.3 Å². The fourth-order valence-corrected chi connectivity index (χ4v) is 4.76. The lowest BCUT2D eigenvalue weighted by Gasteiger charge is -2.41. The zero-order chi connectivity index (χ0) is 20.6. The second-order valence-corrected chi connectivity index (χ2v) is 8.97. The molecule has 3 aliphatic rings. The van der Waals surface area contributed by atoms with Gasteiger partial charge in [-0.15, -0.1) is 0 Å². The van der Waals surface area contributed by atoms with E-state index in [1.54, 1.807) is 20.0 Å². The Morgan fingerprint density at radius 1 is 1.03 bits per heavy atom. The summed E-state index contributed by atoms with van der Waals surface area (Å²) in [5, 5.41) is 10.5. The van der Waals surface area contributed by atoms with Crippen molar-refractivity contribution in [1.82, 2.24) is 25.3 Å². The molecule has 0 aromatic carbocycles. The molecule has 1 aromatic rings. The van der Waals surface area contributed by atoms with Crippen molar-refractivity contribution in [2.75, 3.05) is 7.05 Å². The smallest absolute Gasteiger partial charge is 0.272 e. The maximum atomic E-state index is 13.1. The van der Waals surface area contributed by atoms with Crippen LogP contribution in [0.2, 0.25) is 0 Å². The first-order valence-electron chi connectivity index (χ1n) is 10.9. The normalized spacial score (nSPS) is 25.7. The van der Waals surface area contributed by atoms with Gasteiger partial charge < -0.3 is 15.5 Å². The molecule has 8 heteroatoms. The van der Waals surface area contributed by atoms with Crippen LogP contribution in [0.25, 0.3) is 0 Å². The number of carbonyl (C=O) groups is 3. The van der Waals surface area contributed by atoms with Gasteiger partial charge in [-0.25, -0.2) is 0 Å². The molecule has 0 saturated heterocycles. The second-order valence-electron chi connectivity index (χ2n) is 8.97. The fourth-order valence-electron chi connectivity index (χ4n) is 4.76. The van der Waals surface area contributed by atoms with Gasteiger partial charge in [-0.2, -0.15) is 5.10 Å². The number of nitrogens with zero attached hydrogens (tertiary/aromatic N) is 3. The Labute approximate surface area is 171 Å². The van der Waals surface area contributed by atoms with Crippen molar-refractivity contribution >= 4 is 17.7 Å². The Morgan fingerprint density at radius 2 is 1.62 bits per heavy atom. The van der Waals surface area contributed by atoms with Crippen LogP contribution in [0, 0.1) is 0 Å². The van der Waals surface area contributed by atoms with Gasteiger partial charge in [-0.1, -0.05) is 32.1 Å². The van der Waals surface area contributed by atoms with E-state index in [0.717, 1.165) is 51.4 Å². The summed E-state index contributed by atoms with van der Waals surface area (Å²) in [5.41, 5.74) is -0.440. The van der Waals surface area contributed by atoms with Crippen LogP contribution in [0.15, 0.2) is 6.07 Å². The van der Waals surface area contributed by atoms with E-state index < -0.39 is 5.54 Å². The lowest BCUT2D eigenvalue weighted by Crippen LogP contribution is -2.63. The number of aromatic nitrogens is 2. The average Bonchev–Trinajstić information content (AvgIpc) is 3.37. The van der Waals surface area contributed by atoms with Crippen LogP contribution in [0.4, 0.5) is 0 Å². The molecular formula is C21H31N5O3. The van der Waals surface area contributed by atoms with Gasteiger partial charge in [0.25, 0.3) is 11.8 Å². The maximum absolute atomic E-state index is 13.1. The highest BCUT2D eigenvalue weighted by atomic mass is 16.2. The molecule has 2 saturated carbocycles. The molecule has 4 rings (SSSR count). The van der Waals surface area contributed by atoms with E-state index in [9.17, 15) is 14.4 Å². The van der Waals surface area contributed by atoms with E-state index in [4.69, 9.17) is 0 Å². The van der Waals surface area contributed by atoms with Gasteiger partial charge in [0.1, 0.15) is 11.2 Å². The van der Waals surface area contributed by atoms with E-state index in [-0.39, 0.29) is 42.0 Å². The third-order valence-corrected chi connectivity index (χ3v) is 6.85. The van der Waals surface area contributed by atoms with Crippen LogP contribution < -0.4 is 10.6 Å². The SMILES string of the molecule is CN1C(=O)c2cc(C(=O)NC3CCCC3)nn2CC1(C)C(=O)NC1CCCCC1. The quantitative estimate of drug-likeness (QED) is 0.805. The number of carbonyl (C=O) groups excluding carboxylic acids is 3. The van der Waals surface area contributed by atoms with Crippen molar-refractivity contribution in [3.63, 3.8) is 0 Å². The molecule has 2 heterocycles. The molecule has 158 valence electrons. The molecule has 2 N–H and O–H groups in total. The summed E-state index contributed by atoms with van der Waals surface area (Å²) in [5.74, 6) is -0.689. The summed E-state index contributed by atoms with van der Waals surface area (Å²) in [4.78, 5) is 40.1. The van der Waals surface area contributed by atoms with Crippen LogP contribution in [-0.4, -0.2) is 57.1 Å². The van der Waals surface area contributed by atoms with E-state index in [1.165, 1.54) is 16.0 Å². The fraction of sp³-hybridized carbons (Fsp3) is 0.714. The van der Waals surface area contributed by atoms with Crippen molar-refractivity contribution in [3.8, 4) is 0 Å². The lowest BCUT2D eigenvalue weighted by atomic mass is 9.92. The Balaban J connectivity index is 1.51.